The molecule has 2 aromatic rings. The number of nitrogens with one attached hydrogen (secondary N) is 1. The van der Waals surface area contributed by atoms with Crippen molar-refractivity contribution in [2.75, 3.05) is 5.73 Å². The Labute approximate surface area is 82.1 Å². The van der Waals surface area contributed by atoms with Crippen LogP contribution in [0.25, 0.3) is 11.3 Å². The summed E-state index contributed by atoms with van der Waals surface area (Å²) >= 11 is 0. The summed E-state index contributed by atoms with van der Waals surface area (Å²) in [6.45, 7) is 5.79. The van der Waals surface area contributed by atoms with E-state index >= 15 is 0 Å². The third-order valence-electron chi connectivity index (χ3n) is 2.36. The maximum atomic E-state index is 5.66. The van der Waals surface area contributed by atoms with E-state index in [1.165, 1.54) is 0 Å². The number of anilines is 1. The summed E-state index contributed by atoms with van der Waals surface area (Å²) in [6, 6.07) is 1.98. The topological polar surface area (TPSA) is 67.8 Å². The molecule has 2 rings (SSSR count). The molecule has 0 amide bonds. The summed E-state index contributed by atoms with van der Waals surface area (Å²) in [5.41, 5.74) is 8.60. The molecule has 0 saturated heterocycles. The zero-order chi connectivity index (χ0) is 10.3. The van der Waals surface area contributed by atoms with Crippen LogP contribution in [0.15, 0.2) is 10.5 Å². The van der Waals surface area contributed by atoms with Crippen molar-refractivity contribution in [3.05, 3.63) is 23.2 Å². The summed E-state index contributed by atoms with van der Waals surface area (Å²) in [5, 5.41) is 6.86. The first-order chi connectivity index (χ1) is 6.59. The highest BCUT2D eigenvalue weighted by molar-refractivity contribution is 5.69. The highest BCUT2D eigenvalue weighted by Gasteiger charge is 2.13. The number of furan rings is 1. The van der Waals surface area contributed by atoms with E-state index in [0.717, 1.165) is 28.3 Å². The van der Waals surface area contributed by atoms with E-state index in [1.807, 2.05) is 26.8 Å². The molecule has 4 nitrogen and oxygen atoms in total. The molecule has 0 aliphatic carbocycles. The minimum atomic E-state index is 0.540. The highest BCUT2D eigenvalue weighted by atomic mass is 16.3. The average Bonchev–Trinajstić information content (AvgIpc) is 2.59. The molecule has 0 spiro atoms. The zero-order valence-corrected chi connectivity index (χ0v) is 8.51. The first-order valence-electron chi connectivity index (χ1n) is 4.47. The standard InChI is InChI=1S/C10H13N3O/c1-5-4-8(7(3)14-5)9-6(2)10(11)13-12-9/h4H,1-3H3,(H3,11,12,13). The van der Waals surface area contributed by atoms with Gasteiger partial charge in [0.2, 0.25) is 0 Å². The molecule has 0 radical (unpaired) electrons. The van der Waals surface area contributed by atoms with Crippen LogP contribution in [0.5, 0.6) is 0 Å². The number of nitrogens with two attached hydrogens (primary N) is 1. The molecule has 4 heteroatoms. The smallest absolute Gasteiger partial charge is 0.148 e. The number of aromatic nitrogens is 2. The Kier molecular flexibility index (Phi) is 1.84. The van der Waals surface area contributed by atoms with Gasteiger partial charge in [-0.25, -0.2) is 0 Å². The minimum Gasteiger partial charge on any atom is -0.466 e. The predicted octanol–water partition coefficient (Wildman–Crippen LogP) is 2.18. The van der Waals surface area contributed by atoms with Gasteiger partial charge in [0.15, 0.2) is 0 Å². The average molecular weight is 191 g/mol. The van der Waals surface area contributed by atoms with E-state index in [9.17, 15) is 0 Å². The van der Waals surface area contributed by atoms with Crippen molar-refractivity contribution in [1.82, 2.24) is 10.2 Å². The summed E-state index contributed by atoms with van der Waals surface area (Å²) < 4.78 is 5.44. The van der Waals surface area contributed by atoms with Crippen molar-refractivity contribution in [1.29, 1.82) is 0 Å². The van der Waals surface area contributed by atoms with Gasteiger partial charge in [-0.1, -0.05) is 0 Å². The monoisotopic (exact) mass is 191 g/mol. The van der Waals surface area contributed by atoms with Crippen LogP contribution in [0, 0.1) is 20.8 Å². The molecule has 14 heavy (non-hydrogen) atoms. The molecular weight excluding hydrogens is 178 g/mol. The lowest BCUT2D eigenvalue weighted by molar-refractivity contribution is 0.505. The molecule has 0 saturated carbocycles. The molecule has 2 heterocycles. The predicted molar refractivity (Wildman–Crippen MR) is 54.9 cm³/mol. The van der Waals surface area contributed by atoms with Gasteiger partial charge < -0.3 is 10.2 Å². The maximum absolute atomic E-state index is 5.66. The molecule has 0 fully saturated rings. The molecule has 0 atom stereocenters. The second-order valence-corrected chi connectivity index (χ2v) is 3.44. The first kappa shape index (κ1) is 8.87. The summed E-state index contributed by atoms with van der Waals surface area (Å²) in [6.07, 6.45) is 0. The van der Waals surface area contributed by atoms with Gasteiger partial charge in [-0.05, 0) is 26.8 Å². The lowest BCUT2D eigenvalue weighted by Gasteiger charge is -1.95. The highest BCUT2D eigenvalue weighted by Crippen LogP contribution is 2.29. The van der Waals surface area contributed by atoms with Gasteiger partial charge in [0.05, 0.1) is 5.69 Å². The van der Waals surface area contributed by atoms with Crippen LogP contribution >= 0.6 is 0 Å². The normalized spacial score (nSPS) is 10.8. The van der Waals surface area contributed by atoms with Crippen LogP contribution in [0.2, 0.25) is 0 Å². The molecule has 0 aliphatic heterocycles. The van der Waals surface area contributed by atoms with Gasteiger partial charge in [-0.15, -0.1) is 0 Å². The van der Waals surface area contributed by atoms with Gasteiger partial charge in [0, 0.05) is 11.1 Å². The zero-order valence-electron chi connectivity index (χ0n) is 8.51. The molecule has 2 aromatic heterocycles. The Morgan fingerprint density at radius 2 is 2.07 bits per heavy atom. The van der Waals surface area contributed by atoms with Crippen LogP contribution < -0.4 is 5.73 Å². The molecule has 0 aliphatic rings. The number of H-pyrrole nitrogens is 1. The lowest BCUT2D eigenvalue weighted by atomic mass is 10.1. The van der Waals surface area contributed by atoms with Gasteiger partial charge in [-0.2, -0.15) is 5.10 Å². The fourth-order valence-electron chi connectivity index (χ4n) is 1.55. The Morgan fingerprint density at radius 3 is 2.50 bits per heavy atom. The summed E-state index contributed by atoms with van der Waals surface area (Å²) in [7, 11) is 0. The number of nitrogen functional groups attached to an aromatic ring is 1. The third-order valence-corrected chi connectivity index (χ3v) is 2.36. The van der Waals surface area contributed by atoms with E-state index in [4.69, 9.17) is 10.2 Å². The Morgan fingerprint density at radius 1 is 1.36 bits per heavy atom. The molecule has 74 valence electrons. The van der Waals surface area contributed by atoms with Gasteiger partial charge >= 0.3 is 0 Å². The van der Waals surface area contributed by atoms with Crippen molar-refractivity contribution in [3.63, 3.8) is 0 Å². The van der Waals surface area contributed by atoms with Crippen molar-refractivity contribution < 1.29 is 4.42 Å². The maximum Gasteiger partial charge on any atom is 0.148 e. The minimum absolute atomic E-state index is 0.540. The fraction of sp³-hybridized carbons (Fsp3) is 0.300. The van der Waals surface area contributed by atoms with Crippen LogP contribution in [0.3, 0.4) is 0 Å². The Balaban J connectivity index is 2.59. The number of aryl methyl sites for hydroxylation is 2. The first-order valence-corrected chi connectivity index (χ1v) is 4.47. The van der Waals surface area contributed by atoms with E-state index < -0.39 is 0 Å². The van der Waals surface area contributed by atoms with Crippen LogP contribution in [0.1, 0.15) is 17.1 Å². The van der Waals surface area contributed by atoms with Crippen molar-refractivity contribution in [2.45, 2.75) is 20.8 Å². The van der Waals surface area contributed by atoms with E-state index in [2.05, 4.69) is 10.2 Å². The molecular formula is C10H13N3O. The Hall–Kier alpha value is -1.71. The van der Waals surface area contributed by atoms with Crippen LogP contribution in [-0.4, -0.2) is 10.2 Å². The number of aromatic amines is 1. The number of hydrogen-bond donors (Lipinski definition) is 2. The van der Waals surface area contributed by atoms with Crippen LogP contribution in [0.4, 0.5) is 5.82 Å². The largest absolute Gasteiger partial charge is 0.466 e. The SMILES string of the molecule is Cc1cc(-c2[nH]nc(N)c2C)c(C)o1. The van der Waals surface area contributed by atoms with Crippen LogP contribution in [-0.2, 0) is 0 Å². The number of rotatable bonds is 1. The molecule has 3 N–H and O–H groups in total. The van der Waals surface area contributed by atoms with Crippen molar-refractivity contribution >= 4 is 5.82 Å². The quantitative estimate of drug-likeness (QED) is 0.725. The van der Waals surface area contributed by atoms with Gasteiger partial charge in [0.25, 0.3) is 0 Å². The van der Waals surface area contributed by atoms with Gasteiger partial charge in [0.1, 0.15) is 17.3 Å². The fourth-order valence-corrected chi connectivity index (χ4v) is 1.55. The number of nitrogens with zero attached hydrogens (tertiary/aromatic N) is 1. The van der Waals surface area contributed by atoms with E-state index in [1.54, 1.807) is 0 Å². The molecule has 0 unspecified atom stereocenters. The second-order valence-electron chi connectivity index (χ2n) is 3.44. The summed E-state index contributed by atoms with van der Waals surface area (Å²) in [5.74, 6) is 2.32. The Bertz CT molecular complexity index is 468. The van der Waals surface area contributed by atoms with Crippen molar-refractivity contribution in [3.8, 4) is 11.3 Å². The third kappa shape index (κ3) is 1.19. The molecule has 0 bridgehead atoms. The lowest BCUT2D eigenvalue weighted by Crippen LogP contribution is -1.86. The second kappa shape index (κ2) is 2.90. The van der Waals surface area contributed by atoms with E-state index in [0.29, 0.717) is 5.82 Å². The van der Waals surface area contributed by atoms with Gasteiger partial charge in [-0.3, -0.25) is 5.10 Å². The summed E-state index contributed by atoms with van der Waals surface area (Å²) in [4.78, 5) is 0. The molecule has 0 aromatic carbocycles. The number of hydrogen-bond acceptors (Lipinski definition) is 3. The van der Waals surface area contributed by atoms with Crippen molar-refractivity contribution in [2.24, 2.45) is 0 Å². The van der Waals surface area contributed by atoms with E-state index in [-0.39, 0.29) is 0 Å².